The molecular formula is C69H78O16. The number of carbonyl (C=O) groups excluding carboxylic acids is 1. The molecule has 0 spiro atoms. The molecule has 0 saturated carbocycles. The Morgan fingerprint density at radius 1 is 0.635 bits per heavy atom. The van der Waals surface area contributed by atoms with Gasteiger partial charge in [-0.15, -0.1) is 6.42 Å². The largest absolute Gasteiger partial charge is 0.493 e. The van der Waals surface area contributed by atoms with Gasteiger partial charge < -0.3 is 71.4 Å². The van der Waals surface area contributed by atoms with Crippen LogP contribution in [0.1, 0.15) is 92.9 Å². The van der Waals surface area contributed by atoms with Crippen LogP contribution in [0.3, 0.4) is 0 Å². The van der Waals surface area contributed by atoms with E-state index < -0.39 is 96.8 Å². The first-order chi connectivity index (χ1) is 40.8. The fourth-order valence-corrected chi connectivity index (χ4v) is 9.11. The van der Waals surface area contributed by atoms with Crippen molar-refractivity contribution in [3.63, 3.8) is 0 Å². The molecule has 0 bridgehead atoms. The number of hydrogen-bond donors (Lipinski definition) is 1. The van der Waals surface area contributed by atoms with E-state index in [9.17, 15) is 9.90 Å². The van der Waals surface area contributed by atoms with Gasteiger partial charge in [-0.2, -0.15) is 0 Å². The van der Waals surface area contributed by atoms with Crippen LogP contribution in [0.5, 0.6) is 0 Å². The SMILES string of the molecule is C#CC#CC#CC#CC.CC#CC#CC#CC.CC1(C)OCC(C2OC3OC(C)(C)O[C@H]3C2O)O1.CC1OCC2OC=C[C@@H](OC3OC(COCc4ccccc4)[C@H](OCc4ccccc4)[C@@H](OCc4ccccc4)C3OC(=O)C(C)(C)C)[C@@H]2O1. The topological polar surface area (TPSA) is 167 Å². The van der Waals surface area contributed by atoms with Gasteiger partial charge in [0.05, 0.1) is 51.3 Å². The third-order valence-electron chi connectivity index (χ3n) is 13.1. The molecule has 5 saturated heterocycles. The maximum absolute atomic E-state index is 13.6. The Kier molecular flexibility index (Phi) is 26.6. The van der Waals surface area contributed by atoms with Gasteiger partial charge in [-0.25, -0.2) is 0 Å². The summed E-state index contributed by atoms with van der Waals surface area (Å²) in [6, 6.07) is 29.6. The minimum Gasteiger partial charge on any atom is -0.493 e. The van der Waals surface area contributed by atoms with Crippen molar-refractivity contribution < 1.29 is 76.2 Å². The smallest absolute Gasteiger partial charge is 0.311 e. The zero-order valence-electron chi connectivity index (χ0n) is 50.3. The summed E-state index contributed by atoms with van der Waals surface area (Å²) in [4.78, 5) is 13.6. The van der Waals surface area contributed by atoms with E-state index in [-0.39, 0.29) is 32.0 Å². The number of ether oxygens (including phenoxy) is 14. The van der Waals surface area contributed by atoms with E-state index in [2.05, 4.69) is 77.0 Å². The highest BCUT2D eigenvalue weighted by molar-refractivity contribution is 5.75. The van der Waals surface area contributed by atoms with Crippen molar-refractivity contribution in [2.45, 2.75) is 194 Å². The van der Waals surface area contributed by atoms with Gasteiger partial charge in [-0.05, 0) is 158 Å². The van der Waals surface area contributed by atoms with E-state index in [0.717, 1.165) is 16.7 Å². The molecule has 1 N–H and O–H groups in total. The summed E-state index contributed by atoms with van der Waals surface area (Å²) in [5, 5.41) is 10.3. The summed E-state index contributed by atoms with van der Waals surface area (Å²) in [6.45, 7) is 21.5. The van der Waals surface area contributed by atoms with E-state index in [1.165, 1.54) is 0 Å². The predicted octanol–water partition coefficient (Wildman–Crippen LogP) is 8.18. The summed E-state index contributed by atoms with van der Waals surface area (Å²) in [5.41, 5.74) is 2.14. The third kappa shape index (κ3) is 21.5. The number of hydrogen-bond acceptors (Lipinski definition) is 16. The van der Waals surface area contributed by atoms with Crippen LogP contribution in [0.4, 0.5) is 0 Å². The van der Waals surface area contributed by atoms with E-state index >= 15 is 0 Å². The van der Waals surface area contributed by atoms with Gasteiger partial charge in [-0.3, -0.25) is 4.79 Å². The van der Waals surface area contributed by atoms with Crippen molar-refractivity contribution in [2.24, 2.45) is 5.41 Å². The molecule has 0 radical (unpaired) electrons. The summed E-state index contributed by atoms with van der Waals surface area (Å²) in [5.74, 6) is 30.7. The molecule has 0 aromatic heterocycles. The number of esters is 1. The molecule has 0 aliphatic carbocycles. The van der Waals surface area contributed by atoms with Crippen LogP contribution in [0.2, 0.25) is 0 Å². The van der Waals surface area contributed by atoms with Crippen LogP contribution in [0, 0.1) is 88.8 Å². The Bertz CT molecular complexity index is 3020. The Morgan fingerprint density at radius 3 is 1.72 bits per heavy atom. The fraction of sp³-hybridized carbons (Fsp3) is 0.493. The molecule has 85 heavy (non-hydrogen) atoms. The highest BCUT2D eigenvalue weighted by atomic mass is 16.8. The molecule has 6 aliphatic heterocycles. The number of carbonyl (C=O) groups is 1. The van der Waals surface area contributed by atoms with Crippen LogP contribution >= 0.6 is 0 Å². The standard InChI is InChI=1S/C40H48O10.C12H20O6.C9H4.C8H6/c1-27-44-26-32-34(47-27)31(20-21-43-32)48-38-37(50-39(41)40(2,3)4)36(46-24-30-18-12-7-13-19-30)35(45-23-29-16-10-6-11-17-29)33(49-38)25-42-22-28-14-8-5-9-15-28;1-11(2)14-5-6(16-11)8-7(13)9-10(15-8)18-12(3,4)17-9;1-3-5-7-9-8-6-4-2;1-3-5-7-8-6-4-2/h5-21,27,31-38H,22-26H2,1-4H3;6-10,13H,5H2,1-4H3;1H,2H3;1-2H3/t27?,31-,32?,33?,34+,35+,36-,37?,38?;6?,7?,8?,9-,10?;;/m10../s1. The second-order valence-electron chi connectivity index (χ2n) is 21.7. The number of aliphatic hydroxyl groups is 1. The van der Waals surface area contributed by atoms with Crippen LogP contribution < -0.4 is 0 Å². The second-order valence-corrected chi connectivity index (χ2v) is 21.7. The van der Waals surface area contributed by atoms with Crippen molar-refractivity contribution in [1.29, 1.82) is 0 Å². The van der Waals surface area contributed by atoms with Gasteiger partial charge in [0.1, 0.15) is 54.9 Å². The molecule has 9 unspecified atom stereocenters. The number of rotatable bonds is 14. The molecular weight excluding hydrogens is 1080 g/mol. The summed E-state index contributed by atoms with van der Waals surface area (Å²) in [6.07, 6.45) is -0.490. The molecule has 3 aromatic carbocycles. The molecule has 0 amide bonds. The molecule has 14 atom stereocenters. The number of terminal acetylenes is 1. The van der Waals surface area contributed by atoms with Crippen LogP contribution in [0.25, 0.3) is 0 Å². The van der Waals surface area contributed by atoms with E-state index in [1.807, 2.05) is 112 Å². The lowest BCUT2D eigenvalue weighted by Crippen LogP contribution is -2.64. The summed E-state index contributed by atoms with van der Waals surface area (Å²) in [7, 11) is 0. The van der Waals surface area contributed by atoms with Crippen LogP contribution in [0.15, 0.2) is 103 Å². The maximum atomic E-state index is 13.6. The Balaban J connectivity index is 0.000000266. The van der Waals surface area contributed by atoms with E-state index in [1.54, 1.807) is 67.7 Å². The average molecular weight is 1160 g/mol. The van der Waals surface area contributed by atoms with Gasteiger partial charge >= 0.3 is 5.97 Å². The lowest BCUT2D eigenvalue weighted by atomic mass is 9.95. The maximum Gasteiger partial charge on any atom is 0.311 e. The fourth-order valence-electron chi connectivity index (χ4n) is 9.11. The van der Waals surface area contributed by atoms with Crippen molar-refractivity contribution in [3.8, 4) is 83.4 Å². The Morgan fingerprint density at radius 2 is 1.19 bits per heavy atom. The molecule has 16 heteroatoms. The van der Waals surface area contributed by atoms with Crippen molar-refractivity contribution in [3.05, 3.63) is 120 Å². The van der Waals surface area contributed by atoms with E-state index in [0.29, 0.717) is 19.8 Å². The minimum atomic E-state index is -1.07. The van der Waals surface area contributed by atoms with Gasteiger partial charge in [0.2, 0.25) is 0 Å². The summed E-state index contributed by atoms with van der Waals surface area (Å²) < 4.78 is 85.2. The van der Waals surface area contributed by atoms with Gasteiger partial charge in [0.25, 0.3) is 0 Å². The highest BCUT2D eigenvalue weighted by Gasteiger charge is 2.58. The molecule has 6 aliphatic rings. The molecule has 6 heterocycles. The van der Waals surface area contributed by atoms with Crippen LogP contribution in [-0.2, 0) is 90.9 Å². The first-order valence-electron chi connectivity index (χ1n) is 28.1. The first kappa shape index (κ1) is 67.2. The van der Waals surface area contributed by atoms with E-state index in [4.69, 9.17) is 72.7 Å². The minimum absolute atomic E-state index is 0.163. The van der Waals surface area contributed by atoms with Gasteiger partial charge in [0.15, 0.2) is 42.7 Å². The summed E-state index contributed by atoms with van der Waals surface area (Å²) >= 11 is 0. The number of aliphatic hydroxyl groups excluding tert-OH is 1. The second kappa shape index (κ2) is 33.7. The highest BCUT2D eigenvalue weighted by Crippen LogP contribution is 2.41. The molecule has 3 aromatic rings. The average Bonchev–Trinajstić information content (AvgIpc) is 1.91. The van der Waals surface area contributed by atoms with Crippen molar-refractivity contribution in [1.82, 2.24) is 0 Å². The van der Waals surface area contributed by atoms with Gasteiger partial charge in [0, 0.05) is 0 Å². The molecule has 16 nitrogen and oxygen atoms in total. The number of fused-ring (bicyclic) bond motifs is 2. The molecule has 9 rings (SSSR count). The third-order valence-corrected chi connectivity index (χ3v) is 13.1. The Labute approximate surface area is 502 Å². The quantitative estimate of drug-likeness (QED) is 0.121. The van der Waals surface area contributed by atoms with Gasteiger partial charge in [-0.1, -0.05) is 109 Å². The zero-order chi connectivity index (χ0) is 61.2. The normalized spacial score (nSPS) is 28.6. The number of benzene rings is 3. The first-order valence-corrected chi connectivity index (χ1v) is 28.1. The molecule has 5 fully saturated rings. The lowest BCUT2D eigenvalue weighted by Gasteiger charge is -2.47. The van der Waals surface area contributed by atoms with Crippen molar-refractivity contribution >= 4 is 5.97 Å². The zero-order valence-corrected chi connectivity index (χ0v) is 50.3. The van der Waals surface area contributed by atoms with Crippen molar-refractivity contribution in [2.75, 3.05) is 19.8 Å². The van der Waals surface area contributed by atoms with Crippen LogP contribution in [-0.4, -0.2) is 128 Å². The monoisotopic (exact) mass is 1160 g/mol. The Hall–Kier alpha value is -6.93. The lowest BCUT2D eigenvalue weighted by molar-refractivity contribution is -0.344. The predicted molar refractivity (Wildman–Crippen MR) is 315 cm³/mol. The molecule has 450 valence electrons.